The lowest BCUT2D eigenvalue weighted by Crippen LogP contribution is -2.47. The Labute approximate surface area is 155 Å². The van der Waals surface area contributed by atoms with Crippen molar-refractivity contribution in [2.24, 2.45) is 0 Å². The number of carbonyl (C=O) groups is 1. The quantitative estimate of drug-likeness (QED) is 0.755. The SMILES string of the molecule is C[C@@](O)(CNC(=O)NC1CCCCC1)c1ccc(-c2ccccc2)cc1. The summed E-state index contributed by atoms with van der Waals surface area (Å²) < 4.78 is 0. The third kappa shape index (κ3) is 4.85. The molecule has 4 heteroatoms. The second-order valence-corrected chi connectivity index (χ2v) is 7.38. The summed E-state index contributed by atoms with van der Waals surface area (Å²) in [5.74, 6) is 0. The highest BCUT2D eigenvalue weighted by atomic mass is 16.3. The van der Waals surface area contributed by atoms with Crippen LogP contribution in [0.15, 0.2) is 54.6 Å². The molecule has 0 aromatic heterocycles. The first-order valence-electron chi connectivity index (χ1n) is 9.47. The van der Waals surface area contributed by atoms with Gasteiger partial charge in [-0.05, 0) is 36.5 Å². The van der Waals surface area contributed by atoms with Crippen molar-refractivity contribution in [3.05, 3.63) is 60.2 Å². The average molecular weight is 352 g/mol. The van der Waals surface area contributed by atoms with Gasteiger partial charge in [-0.15, -0.1) is 0 Å². The Balaban J connectivity index is 1.56. The molecule has 1 saturated carbocycles. The number of hydrogen-bond donors (Lipinski definition) is 3. The van der Waals surface area contributed by atoms with E-state index in [-0.39, 0.29) is 18.6 Å². The van der Waals surface area contributed by atoms with Crippen LogP contribution < -0.4 is 10.6 Å². The standard InChI is InChI=1S/C22H28N2O2/c1-22(26,16-23-21(25)24-20-10-6-3-7-11-20)19-14-12-18(13-15-19)17-8-4-2-5-9-17/h2,4-5,8-9,12-15,20,26H,3,6-7,10-11,16H2,1H3,(H2,23,24,25)/t22-/m1/s1. The zero-order valence-electron chi connectivity index (χ0n) is 15.4. The minimum absolute atomic E-state index is 0.177. The first kappa shape index (κ1) is 18.5. The highest BCUT2D eigenvalue weighted by Crippen LogP contribution is 2.25. The van der Waals surface area contributed by atoms with Crippen LogP contribution in [0.25, 0.3) is 11.1 Å². The van der Waals surface area contributed by atoms with E-state index in [0.29, 0.717) is 0 Å². The van der Waals surface area contributed by atoms with Gasteiger partial charge in [0.25, 0.3) is 0 Å². The van der Waals surface area contributed by atoms with E-state index in [9.17, 15) is 9.90 Å². The van der Waals surface area contributed by atoms with Gasteiger partial charge < -0.3 is 15.7 Å². The first-order chi connectivity index (χ1) is 12.5. The Morgan fingerprint density at radius 3 is 2.27 bits per heavy atom. The highest BCUT2D eigenvalue weighted by Gasteiger charge is 2.24. The van der Waals surface area contributed by atoms with E-state index in [1.54, 1.807) is 6.92 Å². The Hall–Kier alpha value is -2.33. The van der Waals surface area contributed by atoms with E-state index in [1.165, 1.54) is 19.3 Å². The van der Waals surface area contributed by atoms with Crippen LogP contribution in [0.5, 0.6) is 0 Å². The number of carbonyl (C=O) groups excluding carboxylic acids is 1. The number of aliphatic hydroxyl groups is 1. The van der Waals surface area contributed by atoms with Gasteiger partial charge in [-0.2, -0.15) is 0 Å². The third-order valence-corrected chi connectivity index (χ3v) is 5.15. The van der Waals surface area contributed by atoms with Crippen molar-refractivity contribution in [2.45, 2.75) is 50.7 Å². The van der Waals surface area contributed by atoms with E-state index in [0.717, 1.165) is 29.5 Å². The Bertz CT molecular complexity index is 705. The summed E-state index contributed by atoms with van der Waals surface area (Å²) in [6.45, 7) is 1.90. The molecular formula is C22H28N2O2. The van der Waals surface area contributed by atoms with Gasteiger partial charge >= 0.3 is 6.03 Å². The van der Waals surface area contributed by atoms with E-state index in [1.807, 2.05) is 42.5 Å². The molecule has 26 heavy (non-hydrogen) atoms. The second kappa shape index (κ2) is 8.37. The molecule has 4 nitrogen and oxygen atoms in total. The van der Waals surface area contributed by atoms with Gasteiger partial charge in [0.15, 0.2) is 0 Å². The molecule has 3 rings (SSSR count). The number of rotatable bonds is 5. The lowest BCUT2D eigenvalue weighted by Gasteiger charge is -2.27. The van der Waals surface area contributed by atoms with Crippen LogP contribution in [0.3, 0.4) is 0 Å². The number of hydrogen-bond acceptors (Lipinski definition) is 2. The largest absolute Gasteiger partial charge is 0.384 e. The normalized spacial score (nSPS) is 17.3. The summed E-state index contributed by atoms with van der Waals surface area (Å²) in [5.41, 5.74) is 1.92. The van der Waals surface area contributed by atoms with Crippen molar-refractivity contribution >= 4 is 6.03 Å². The maximum Gasteiger partial charge on any atom is 0.315 e. The van der Waals surface area contributed by atoms with Gasteiger partial charge in [-0.25, -0.2) is 4.79 Å². The highest BCUT2D eigenvalue weighted by molar-refractivity contribution is 5.74. The van der Waals surface area contributed by atoms with E-state index in [4.69, 9.17) is 0 Å². The maximum absolute atomic E-state index is 12.1. The van der Waals surface area contributed by atoms with Crippen molar-refractivity contribution in [2.75, 3.05) is 6.54 Å². The molecule has 2 aromatic rings. The molecule has 0 radical (unpaired) electrons. The molecule has 0 saturated heterocycles. The Morgan fingerprint density at radius 2 is 1.62 bits per heavy atom. The molecule has 1 atom stereocenters. The van der Waals surface area contributed by atoms with E-state index < -0.39 is 5.60 Å². The Kier molecular flexibility index (Phi) is 5.94. The molecule has 1 aliphatic carbocycles. The topological polar surface area (TPSA) is 61.4 Å². The summed E-state index contributed by atoms with van der Waals surface area (Å²) in [4.78, 5) is 12.1. The number of benzene rings is 2. The number of nitrogens with one attached hydrogen (secondary N) is 2. The summed E-state index contributed by atoms with van der Waals surface area (Å²) in [6, 6.07) is 18.0. The summed E-state index contributed by atoms with van der Waals surface area (Å²) in [5, 5.41) is 16.6. The fourth-order valence-corrected chi connectivity index (χ4v) is 3.49. The second-order valence-electron chi connectivity index (χ2n) is 7.38. The van der Waals surface area contributed by atoms with Crippen LogP contribution in [-0.4, -0.2) is 23.7 Å². The lowest BCUT2D eigenvalue weighted by molar-refractivity contribution is 0.0592. The molecule has 0 spiro atoms. The fourth-order valence-electron chi connectivity index (χ4n) is 3.49. The summed E-state index contributed by atoms with van der Waals surface area (Å²) in [6.07, 6.45) is 5.70. The minimum atomic E-state index is -1.11. The van der Waals surface area contributed by atoms with E-state index in [2.05, 4.69) is 22.8 Å². The number of urea groups is 1. The molecule has 1 fully saturated rings. The lowest BCUT2D eigenvalue weighted by atomic mass is 9.93. The minimum Gasteiger partial charge on any atom is -0.384 e. The first-order valence-corrected chi connectivity index (χ1v) is 9.47. The van der Waals surface area contributed by atoms with Gasteiger partial charge in [0.05, 0.1) is 6.54 Å². The van der Waals surface area contributed by atoms with Crippen LogP contribution in [0.4, 0.5) is 4.79 Å². The molecule has 138 valence electrons. The van der Waals surface area contributed by atoms with Crippen LogP contribution in [-0.2, 0) is 5.60 Å². The zero-order chi connectivity index (χ0) is 18.4. The molecule has 0 heterocycles. The molecular weight excluding hydrogens is 324 g/mol. The van der Waals surface area contributed by atoms with Crippen LogP contribution >= 0.6 is 0 Å². The Morgan fingerprint density at radius 1 is 1.00 bits per heavy atom. The van der Waals surface area contributed by atoms with Gasteiger partial charge in [-0.3, -0.25) is 0 Å². The summed E-state index contributed by atoms with van der Waals surface area (Å²) >= 11 is 0. The predicted octanol–water partition coefficient (Wildman–Crippen LogP) is 4.19. The molecule has 3 N–H and O–H groups in total. The van der Waals surface area contributed by atoms with Crippen LogP contribution in [0, 0.1) is 0 Å². The van der Waals surface area contributed by atoms with Crippen LogP contribution in [0.2, 0.25) is 0 Å². The molecule has 0 aliphatic heterocycles. The average Bonchev–Trinajstić information content (AvgIpc) is 2.68. The third-order valence-electron chi connectivity index (χ3n) is 5.15. The van der Waals surface area contributed by atoms with Gasteiger partial charge in [-0.1, -0.05) is 73.9 Å². The molecule has 0 unspecified atom stereocenters. The van der Waals surface area contributed by atoms with Gasteiger partial charge in [0.1, 0.15) is 5.60 Å². The maximum atomic E-state index is 12.1. The smallest absolute Gasteiger partial charge is 0.315 e. The monoisotopic (exact) mass is 352 g/mol. The van der Waals surface area contributed by atoms with Crippen molar-refractivity contribution in [1.29, 1.82) is 0 Å². The van der Waals surface area contributed by atoms with Crippen molar-refractivity contribution in [1.82, 2.24) is 10.6 Å². The number of amides is 2. The van der Waals surface area contributed by atoms with Crippen molar-refractivity contribution in [3.63, 3.8) is 0 Å². The van der Waals surface area contributed by atoms with Crippen molar-refractivity contribution in [3.8, 4) is 11.1 Å². The molecule has 1 aliphatic rings. The zero-order valence-corrected chi connectivity index (χ0v) is 15.4. The van der Waals surface area contributed by atoms with Gasteiger partial charge in [0, 0.05) is 6.04 Å². The summed E-state index contributed by atoms with van der Waals surface area (Å²) in [7, 11) is 0. The molecule has 2 aromatic carbocycles. The fraction of sp³-hybridized carbons (Fsp3) is 0.409. The van der Waals surface area contributed by atoms with Crippen molar-refractivity contribution < 1.29 is 9.90 Å². The van der Waals surface area contributed by atoms with Gasteiger partial charge in [0.2, 0.25) is 0 Å². The van der Waals surface area contributed by atoms with Crippen LogP contribution in [0.1, 0.15) is 44.6 Å². The molecule has 0 bridgehead atoms. The molecule has 2 amide bonds. The predicted molar refractivity (Wildman–Crippen MR) is 105 cm³/mol. The van der Waals surface area contributed by atoms with E-state index >= 15 is 0 Å².